The van der Waals surface area contributed by atoms with Crippen molar-refractivity contribution < 1.29 is 13.2 Å². The molecule has 0 aliphatic rings. The van der Waals surface area contributed by atoms with E-state index in [1.54, 1.807) is 12.1 Å². The number of nitrogens with one attached hydrogen (secondary N) is 1. The number of alkyl halides is 1. The zero-order chi connectivity index (χ0) is 13.1. The van der Waals surface area contributed by atoms with Crippen molar-refractivity contribution in [2.24, 2.45) is 0 Å². The average Bonchev–Trinajstić information content (AvgIpc) is 2.29. The Morgan fingerprint density at radius 2 is 1.88 bits per heavy atom. The predicted octanol–water partition coefficient (Wildman–Crippen LogP) is 1.83. The van der Waals surface area contributed by atoms with Gasteiger partial charge in [0, 0.05) is 12.4 Å². The molecule has 96 valence electrons. The Kier molecular flexibility index (Phi) is 4.80. The molecule has 0 atom stereocenters. The highest BCUT2D eigenvalue weighted by molar-refractivity contribution is 7.89. The van der Waals surface area contributed by atoms with Crippen molar-refractivity contribution >= 4 is 21.6 Å². The van der Waals surface area contributed by atoms with E-state index in [4.69, 9.17) is 16.3 Å². The zero-order valence-corrected chi connectivity index (χ0v) is 11.7. The van der Waals surface area contributed by atoms with Crippen LogP contribution in [0.3, 0.4) is 0 Å². The summed E-state index contributed by atoms with van der Waals surface area (Å²) in [7, 11) is -2.11. The maximum atomic E-state index is 12.0. The first-order valence-corrected chi connectivity index (χ1v) is 7.15. The van der Waals surface area contributed by atoms with Crippen molar-refractivity contribution in [2.45, 2.75) is 18.7 Å². The first-order valence-electron chi connectivity index (χ1n) is 5.13. The van der Waals surface area contributed by atoms with Gasteiger partial charge in [-0.1, -0.05) is 0 Å². The summed E-state index contributed by atoms with van der Waals surface area (Å²) < 4.78 is 31.5. The third kappa shape index (κ3) is 3.34. The highest BCUT2D eigenvalue weighted by atomic mass is 35.5. The fourth-order valence-corrected chi connectivity index (χ4v) is 2.86. The minimum absolute atomic E-state index is 0.146. The van der Waals surface area contributed by atoms with Gasteiger partial charge in [-0.05, 0) is 37.1 Å². The van der Waals surface area contributed by atoms with Crippen LogP contribution in [0, 0.1) is 13.8 Å². The molecule has 0 spiro atoms. The lowest BCUT2D eigenvalue weighted by atomic mass is 10.1. The van der Waals surface area contributed by atoms with E-state index in [-0.39, 0.29) is 17.3 Å². The second-order valence-corrected chi connectivity index (χ2v) is 5.79. The number of benzene rings is 1. The maximum absolute atomic E-state index is 12.0. The van der Waals surface area contributed by atoms with Gasteiger partial charge in [0.05, 0.1) is 7.11 Å². The molecule has 0 aliphatic carbocycles. The largest absolute Gasteiger partial charge is 0.495 e. The number of rotatable bonds is 5. The monoisotopic (exact) mass is 277 g/mol. The lowest BCUT2D eigenvalue weighted by molar-refractivity contribution is 0.402. The molecule has 0 radical (unpaired) electrons. The van der Waals surface area contributed by atoms with Gasteiger partial charge in [0.1, 0.15) is 10.6 Å². The molecule has 0 fully saturated rings. The van der Waals surface area contributed by atoms with Gasteiger partial charge in [-0.25, -0.2) is 13.1 Å². The van der Waals surface area contributed by atoms with Crippen molar-refractivity contribution in [3.8, 4) is 5.75 Å². The lowest BCUT2D eigenvalue weighted by Gasteiger charge is -2.12. The van der Waals surface area contributed by atoms with Crippen LogP contribution in [0.15, 0.2) is 17.0 Å². The number of halogens is 1. The van der Waals surface area contributed by atoms with Gasteiger partial charge in [0.25, 0.3) is 0 Å². The topological polar surface area (TPSA) is 55.4 Å². The summed E-state index contributed by atoms with van der Waals surface area (Å²) >= 11 is 5.47. The normalized spacial score (nSPS) is 11.5. The van der Waals surface area contributed by atoms with Crippen molar-refractivity contribution in [1.82, 2.24) is 4.72 Å². The molecule has 17 heavy (non-hydrogen) atoms. The van der Waals surface area contributed by atoms with Gasteiger partial charge in [0.15, 0.2) is 0 Å². The van der Waals surface area contributed by atoms with Crippen molar-refractivity contribution in [3.05, 3.63) is 23.3 Å². The number of sulfonamides is 1. The summed E-state index contributed by atoms with van der Waals surface area (Å²) in [5.41, 5.74) is 1.88. The molecule has 6 heteroatoms. The predicted molar refractivity (Wildman–Crippen MR) is 68.4 cm³/mol. The summed E-state index contributed by atoms with van der Waals surface area (Å²) in [5, 5.41) is 0. The zero-order valence-electron chi connectivity index (χ0n) is 10.1. The van der Waals surface area contributed by atoms with Gasteiger partial charge in [-0.15, -0.1) is 11.6 Å². The molecule has 0 unspecified atom stereocenters. The smallest absolute Gasteiger partial charge is 0.244 e. The quantitative estimate of drug-likeness (QED) is 0.836. The van der Waals surface area contributed by atoms with Gasteiger partial charge >= 0.3 is 0 Å². The van der Waals surface area contributed by atoms with Gasteiger partial charge in [-0.2, -0.15) is 0 Å². The molecule has 0 aliphatic heterocycles. The first-order chi connectivity index (χ1) is 7.92. The molecule has 0 saturated heterocycles. The number of methoxy groups -OCH3 is 1. The summed E-state index contributed by atoms with van der Waals surface area (Å²) in [5.74, 6) is 0.571. The lowest BCUT2D eigenvalue weighted by Crippen LogP contribution is -2.26. The van der Waals surface area contributed by atoms with Crippen LogP contribution in [-0.4, -0.2) is 28.0 Å². The molecule has 1 N–H and O–H groups in total. The highest BCUT2D eigenvalue weighted by Gasteiger charge is 2.19. The van der Waals surface area contributed by atoms with Crippen LogP contribution in [0.4, 0.5) is 0 Å². The Morgan fingerprint density at radius 1 is 1.29 bits per heavy atom. The van der Waals surface area contributed by atoms with Crippen LogP contribution in [0.1, 0.15) is 11.1 Å². The molecule has 0 bridgehead atoms. The molecule has 1 rings (SSSR count). The van der Waals surface area contributed by atoms with E-state index in [9.17, 15) is 8.42 Å². The Hall–Kier alpha value is -0.780. The molecular formula is C11H16ClNO3S. The van der Waals surface area contributed by atoms with E-state index in [2.05, 4.69) is 4.72 Å². The van der Waals surface area contributed by atoms with Crippen molar-refractivity contribution in [3.63, 3.8) is 0 Å². The van der Waals surface area contributed by atoms with E-state index < -0.39 is 10.0 Å². The molecule has 0 aromatic heterocycles. The number of ether oxygens (including phenoxy) is 1. The minimum atomic E-state index is -3.56. The average molecular weight is 278 g/mol. The SMILES string of the molecule is COc1cc(C)c(C)cc1S(=O)(=O)NCCCl. The van der Waals surface area contributed by atoms with Crippen molar-refractivity contribution in [1.29, 1.82) is 0 Å². The molecule has 1 aromatic rings. The number of hydrogen-bond donors (Lipinski definition) is 1. The Labute approximate surface area is 107 Å². The van der Waals surface area contributed by atoms with Crippen LogP contribution >= 0.6 is 11.6 Å². The molecule has 4 nitrogen and oxygen atoms in total. The van der Waals surface area contributed by atoms with E-state index >= 15 is 0 Å². The number of aryl methyl sites for hydroxylation is 2. The maximum Gasteiger partial charge on any atom is 0.244 e. The van der Waals surface area contributed by atoms with Gasteiger partial charge < -0.3 is 4.74 Å². The second-order valence-electron chi connectivity index (χ2n) is 3.67. The van der Waals surface area contributed by atoms with Crippen molar-refractivity contribution in [2.75, 3.05) is 19.5 Å². The third-order valence-corrected chi connectivity index (χ3v) is 4.13. The van der Waals surface area contributed by atoms with E-state index in [1.807, 2.05) is 13.8 Å². The minimum Gasteiger partial charge on any atom is -0.495 e. The van der Waals surface area contributed by atoms with Crippen LogP contribution < -0.4 is 9.46 Å². The molecule has 0 heterocycles. The molecular weight excluding hydrogens is 262 g/mol. The van der Waals surface area contributed by atoms with Gasteiger partial charge in [-0.3, -0.25) is 0 Å². The fraction of sp³-hybridized carbons (Fsp3) is 0.455. The fourth-order valence-electron chi connectivity index (χ4n) is 1.38. The summed E-state index contributed by atoms with van der Waals surface area (Å²) in [4.78, 5) is 0.146. The summed E-state index contributed by atoms with van der Waals surface area (Å²) in [6, 6.07) is 3.31. The van der Waals surface area contributed by atoms with E-state index in [0.29, 0.717) is 5.75 Å². The first kappa shape index (κ1) is 14.3. The highest BCUT2D eigenvalue weighted by Crippen LogP contribution is 2.26. The molecule has 1 aromatic carbocycles. The van der Waals surface area contributed by atoms with Crippen LogP contribution in [0.2, 0.25) is 0 Å². The standard InChI is InChI=1S/C11H16ClNO3S/c1-8-6-10(16-3)11(7-9(8)2)17(14,15)13-5-4-12/h6-7,13H,4-5H2,1-3H3. The molecule has 0 amide bonds. The van der Waals surface area contributed by atoms with E-state index in [1.165, 1.54) is 7.11 Å². The Morgan fingerprint density at radius 3 is 2.41 bits per heavy atom. The number of hydrogen-bond acceptors (Lipinski definition) is 3. The van der Waals surface area contributed by atoms with Crippen LogP contribution in [0.5, 0.6) is 5.75 Å². The Balaban J connectivity index is 3.25. The summed E-state index contributed by atoms with van der Waals surface area (Å²) in [6.45, 7) is 3.95. The van der Waals surface area contributed by atoms with Gasteiger partial charge in [0.2, 0.25) is 10.0 Å². The Bertz CT molecular complexity index is 500. The molecule has 0 saturated carbocycles. The third-order valence-electron chi connectivity index (χ3n) is 2.46. The van der Waals surface area contributed by atoms with Crippen LogP contribution in [0.25, 0.3) is 0 Å². The van der Waals surface area contributed by atoms with Crippen LogP contribution in [-0.2, 0) is 10.0 Å². The second kappa shape index (κ2) is 5.71. The van der Waals surface area contributed by atoms with E-state index in [0.717, 1.165) is 11.1 Å². The summed E-state index contributed by atoms with van der Waals surface area (Å²) in [6.07, 6.45) is 0.